The van der Waals surface area contributed by atoms with Gasteiger partial charge in [-0.25, -0.2) is 0 Å². The molecule has 0 aliphatic carbocycles. The first kappa shape index (κ1) is 11.0. The fraction of sp³-hybridized carbons (Fsp3) is 0.143. The highest BCUT2D eigenvalue weighted by Crippen LogP contribution is 2.33. The zero-order valence-corrected chi connectivity index (χ0v) is 11.1. The molecule has 3 aromatic rings. The van der Waals surface area contributed by atoms with Crippen LogP contribution >= 0.6 is 22.7 Å². The Labute approximate surface area is 109 Å². The Morgan fingerprint density at radius 1 is 1.12 bits per heavy atom. The van der Waals surface area contributed by atoms with Gasteiger partial charge in [-0.2, -0.15) is 0 Å². The standard InChI is InChI=1S/C14H13NS2/c1-9(15)12-4-5-14(17-12)10-2-3-13-11(8-10)6-7-16-13/h2-9H,15H2,1H3. The van der Waals surface area contributed by atoms with Crippen LogP contribution in [-0.4, -0.2) is 0 Å². The van der Waals surface area contributed by atoms with Crippen LogP contribution in [0.25, 0.3) is 20.5 Å². The molecule has 0 amide bonds. The Hall–Kier alpha value is -1.16. The summed E-state index contributed by atoms with van der Waals surface area (Å²) in [5.74, 6) is 0. The van der Waals surface area contributed by atoms with Crippen molar-refractivity contribution < 1.29 is 0 Å². The molecule has 2 heterocycles. The third kappa shape index (κ3) is 2.02. The smallest absolute Gasteiger partial charge is 0.0361 e. The summed E-state index contributed by atoms with van der Waals surface area (Å²) in [6, 6.07) is 13.2. The summed E-state index contributed by atoms with van der Waals surface area (Å²) >= 11 is 3.57. The molecular formula is C14H13NS2. The average molecular weight is 259 g/mol. The van der Waals surface area contributed by atoms with Crippen LogP contribution in [0, 0.1) is 0 Å². The summed E-state index contributed by atoms with van der Waals surface area (Å²) in [5, 5.41) is 3.46. The second-order valence-corrected chi connectivity index (χ2v) is 6.23. The van der Waals surface area contributed by atoms with E-state index in [1.807, 2.05) is 6.92 Å². The number of fused-ring (bicyclic) bond motifs is 1. The van der Waals surface area contributed by atoms with Crippen molar-refractivity contribution in [3.8, 4) is 10.4 Å². The van der Waals surface area contributed by atoms with Gasteiger partial charge >= 0.3 is 0 Å². The van der Waals surface area contributed by atoms with E-state index in [1.165, 1.54) is 25.4 Å². The van der Waals surface area contributed by atoms with Crippen molar-refractivity contribution in [3.63, 3.8) is 0 Å². The van der Waals surface area contributed by atoms with E-state index in [9.17, 15) is 0 Å². The summed E-state index contributed by atoms with van der Waals surface area (Å²) in [7, 11) is 0. The van der Waals surface area contributed by atoms with Gasteiger partial charge < -0.3 is 5.73 Å². The quantitative estimate of drug-likeness (QED) is 0.712. The first-order valence-electron chi connectivity index (χ1n) is 5.57. The second kappa shape index (κ2) is 4.26. The summed E-state index contributed by atoms with van der Waals surface area (Å²) in [5.41, 5.74) is 7.18. The third-order valence-electron chi connectivity index (χ3n) is 2.81. The molecule has 0 aliphatic rings. The molecule has 1 aromatic carbocycles. The third-order valence-corrected chi connectivity index (χ3v) is 5.05. The Bertz CT molecular complexity index is 649. The summed E-state index contributed by atoms with van der Waals surface area (Å²) in [4.78, 5) is 2.54. The van der Waals surface area contributed by atoms with E-state index in [-0.39, 0.29) is 6.04 Å². The minimum absolute atomic E-state index is 0.124. The summed E-state index contributed by atoms with van der Waals surface area (Å²) < 4.78 is 1.35. The fourth-order valence-electron chi connectivity index (χ4n) is 1.87. The maximum Gasteiger partial charge on any atom is 0.0361 e. The van der Waals surface area contributed by atoms with Crippen molar-refractivity contribution in [2.45, 2.75) is 13.0 Å². The molecule has 1 nitrogen and oxygen atoms in total. The van der Waals surface area contributed by atoms with Gasteiger partial charge in [0, 0.05) is 20.5 Å². The highest BCUT2D eigenvalue weighted by atomic mass is 32.1. The van der Waals surface area contributed by atoms with Gasteiger partial charge in [0.25, 0.3) is 0 Å². The highest BCUT2D eigenvalue weighted by Gasteiger charge is 2.06. The first-order valence-corrected chi connectivity index (χ1v) is 7.26. The Kier molecular flexibility index (Phi) is 2.74. The lowest BCUT2D eigenvalue weighted by Gasteiger charge is -2.00. The lowest BCUT2D eigenvalue weighted by atomic mass is 10.1. The molecule has 2 aromatic heterocycles. The zero-order chi connectivity index (χ0) is 11.8. The van der Waals surface area contributed by atoms with Crippen molar-refractivity contribution in [3.05, 3.63) is 46.7 Å². The topological polar surface area (TPSA) is 26.0 Å². The second-order valence-electron chi connectivity index (χ2n) is 4.16. The minimum atomic E-state index is 0.124. The predicted molar refractivity (Wildman–Crippen MR) is 77.7 cm³/mol. The molecule has 3 rings (SSSR count). The van der Waals surface area contributed by atoms with Gasteiger partial charge in [0.1, 0.15) is 0 Å². The molecular weight excluding hydrogens is 246 g/mol. The lowest BCUT2D eigenvalue weighted by Crippen LogP contribution is -2.01. The van der Waals surface area contributed by atoms with Crippen LogP contribution in [0.15, 0.2) is 41.8 Å². The number of hydrogen-bond donors (Lipinski definition) is 1. The predicted octanol–water partition coefficient (Wildman–Crippen LogP) is 4.65. The number of thiophene rings is 2. The average Bonchev–Trinajstić information content (AvgIpc) is 2.97. The van der Waals surface area contributed by atoms with E-state index in [1.54, 1.807) is 22.7 Å². The van der Waals surface area contributed by atoms with Crippen molar-refractivity contribution in [1.29, 1.82) is 0 Å². The molecule has 2 N–H and O–H groups in total. The van der Waals surface area contributed by atoms with Gasteiger partial charge in [0.2, 0.25) is 0 Å². The zero-order valence-electron chi connectivity index (χ0n) is 9.51. The maximum atomic E-state index is 5.89. The van der Waals surface area contributed by atoms with Crippen LogP contribution in [0.5, 0.6) is 0 Å². The van der Waals surface area contributed by atoms with E-state index < -0.39 is 0 Å². The fourth-order valence-corrected chi connectivity index (χ4v) is 3.60. The van der Waals surface area contributed by atoms with E-state index >= 15 is 0 Å². The Morgan fingerprint density at radius 2 is 2.00 bits per heavy atom. The van der Waals surface area contributed by atoms with Crippen LogP contribution < -0.4 is 5.73 Å². The van der Waals surface area contributed by atoms with Gasteiger partial charge in [-0.3, -0.25) is 0 Å². The van der Waals surface area contributed by atoms with Crippen LogP contribution in [0.4, 0.5) is 0 Å². The van der Waals surface area contributed by atoms with Crippen LogP contribution in [0.2, 0.25) is 0 Å². The van der Waals surface area contributed by atoms with Crippen LogP contribution in [0.1, 0.15) is 17.8 Å². The molecule has 86 valence electrons. The largest absolute Gasteiger partial charge is 0.324 e. The summed E-state index contributed by atoms with van der Waals surface area (Å²) in [6.45, 7) is 2.03. The molecule has 3 heteroatoms. The first-order chi connectivity index (χ1) is 8.24. The maximum absolute atomic E-state index is 5.89. The molecule has 1 atom stereocenters. The van der Waals surface area contributed by atoms with Crippen molar-refractivity contribution in [1.82, 2.24) is 0 Å². The van der Waals surface area contributed by atoms with E-state index in [4.69, 9.17) is 5.73 Å². The van der Waals surface area contributed by atoms with Crippen molar-refractivity contribution in [2.24, 2.45) is 5.73 Å². The molecule has 0 aliphatic heterocycles. The van der Waals surface area contributed by atoms with E-state index in [0.717, 1.165) is 0 Å². The molecule has 0 saturated carbocycles. The SMILES string of the molecule is CC(N)c1ccc(-c2ccc3sccc3c2)s1. The molecule has 0 radical (unpaired) electrons. The number of nitrogens with two attached hydrogens (primary N) is 1. The van der Waals surface area contributed by atoms with Gasteiger partial charge in [0.05, 0.1) is 0 Å². The molecule has 0 fully saturated rings. The molecule has 1 unspecified atom stereocenters. The Balaban J connectivity index is 2.06. The normalized spacial score (nSPS) is 13.1. The van der Waals surface area contributed by atoms with Gasteiger partial charge in [-0.15, -0.1) is 22.7 Å². The van der Waals surface area contributed by atoms with Gasteiger partial charge in [0.15, 0.2) is 0 Å². The van der Waals surface area contributed by atoms with E-state index in [0.29, 0.717) is 0 Å². The summed E-state index contributed by atoms with van der Waals surface area (Å²) in [6.07, 6.45) is 0. The number of benzene rings is 1. The highest BCUT2D eigenvalue weighted by molar-refractivity contribution is 7.17. The lowest BCUT2D eigenvalue weighted by molar-refractivity contribution is 0.838. The van der Waals surface area contributed by atoms with Crippen molar-refractivity contribution >= 4 is 32.8 Å². The number of rotatable bonds is 2. The van der Waals surface area contributed by atoms with Crippen molar-refractivity contribution in [2.75, 3.05) is 0 Å². The number of hydrogen-bond acceptors (Lipinski definition) is 3. The Morgan fingerprint density at radius 3 is 2.76 bits per heavy atom. The molecule has 0 saturated heterocycles. The van der Waals surface area contributed by atoms with Crippen LogP contribution in [-0.2, 0) is 0 Å². The minimum Gasteiger partial charge on any atom is -0.324 e. The molecule has 0 bridgehead atoms. The molecule has 17 heavy (non-hydrogen) atoms. The molecule has 0 spiro atoms. The van der Waals surface area contributed by atoms with Gasteiger partial charge in [-0.1, -0.05) is 6.07 Å². The van der Waals surface area contributed by atoms with Gasteiger partial charge in [-0.05, 0) is 53.6 Å². The van der Waals surface area contributed by atoms with E-state index in [2.05, 4.69) is 41.8 Å². The van der Waals surface area contributed by atoms with Crippen LogP contribution in [0.3, 0.4) is 0 Å². The monoisotopic (exact) mass is 259 g/mol.